The lowest BCUT2D eigenvalue weighted by atomic mass is 10.1. The Bertz CT molecular complexity index is 112. The molecule has 0 amide bonds. The number of carbonyl (C=O) groups is 1. The lowest BCUT2D eigenvalue weighted by molar-refractivity contribution is -0.152. The van der Waals surface area contributed by atoms with Crippen LogP contribution < -0.4 is 0 Å². The topological polar surface area (TPSA) is 77.8 Å². The first kappa shape index (κ1) is 9.39. The molecule has 60 valence electrons. The van der Waals surface area contributed by atoms with Gasteiger partial charge >= 0.3 is 5.97 Å². The summed E-state index contributed by atoms with van der Waals surface area (Å²) in [5.41, 5.74) is 0. The molecule has 3 N–H and O–H groups in total. The molecule has 0 spiro atoms. The van der Waals surface area contributed by atoms with Gasteiger partial charge in [-0.15, -0.1) is 0 Å². The molecule has 0 heterocycles. The molecule has 0 aromatic rings. The molecule has 0 saturated carbocycles. The van der Waals surface area contributed by atoms with Gasteiger partial charge in [-0.25, -0.2) is 4.79 Å². The Morgan fingerprint density at radius 2 is 2.00 bits per heavy atom. The van der Waals surface area contributed by atoms with E-state index in [0.717, 1.165) is 0 Å². The van der Waals surface area contributed by atoms with Crippen molar-refractivity contribution in [1.82, 2.24) is 0 Å². The molecule has 0 saturated heterocycles. The summed E-state index contributed by atoms with van der Waals surface area (Å²) in [4.78, 5) is 10.0. The standard InChI is InChI=1S/C6H12O4/c1-2-3-4(7)5(8)6(9)10/h4-5,7-8H,2-3H2,1H3,(H,9,10)/t4-,5-/m0/s1. The molecule has 0 aliphatic carbocycles. The maximum atomic E-state index is 10.0. The zero-order valence-electron chi connectivity index (χ0n) is 5.82. The first-order valence-corrected chi connectivity index (χ1v) is 3.18. The highest BCUT2D eigenvalue weighted by Crippen LogP contribution is 2.01. The summed E-state index contributed by atoms with van der Waals surface area (Å²) >= 11 is 0. The maximum Gasteiger partial charge on any atom is 0.335 e. The van der Waals surface area contributed by atoms with Crippen molar-refractivity contribution in [1.29, 1.82) is 0 Å². The smallest absolute Gasteiger partial charge is 0.335 e. The van der Waals surface area contributed by atoms with Gasteiger partial charge in [0.15, 0.2) is 6.10 Å². The number of carboxylic acid groups (broad SMARTS) is 1. The minimum atomic E-state index is -1.64. The maximum absolute atomic E-state index is 10.0. The van der Waals surface area contributed by atoms with Crippen LogP contribution in [-0.2, 0) is 4.79 Å². The van der Waals surface area contributed by atoms with E-state index in [4.69, 9.17) is 15.3 Å². The molecule has 0 radical (unpaired) electrons. The van der Waals surface area contributed by atoms with Crippen molar-refractivity contribution in [3.05, 3.63) is 0 Å². The van der Waals surface area contributed by atoms with Crippen LogP contribution in [0.1, 0.15) is 19.8 Å². The third kappa shape index (κ3) is 2.80. The monoisotopic (exact) mass is 148 g/mol. The predicted octanol–water partition coefficient (Wildman–Crippen LogP) is -0.407. The van der Waals surface area contributed by atoms with Gasteiger partial charge < -0.3 is 15.3 Å². The number of hydrogen-bond acceptors (Lipinski definition) is 3. The third-order valence-electron chi connectivity index (χ3n) is 1.20. The van der Waals surface area contributed by atoms with Gasteiger partial charge in [0, 0.05) is 0 Å². The summed E-state index contributed by atoms with van der Waals surface area (Å²) in [5, 5.41) is 25.7. The molecule has 0 aromatic heterocycles. The van der Waals surface area contributed by atoms with Crippen molar-refractivity contribution < 1.29 is 20.1 Å². The van der Waals surface area contributed by atoms with Gasteiger partial charge in [-0.1, -0.05) is 13.3 Å². The summed E-state index contributed by atoms with van der Waals surface area (Å²) in [7, 11) is 0. The van der Waals surface area contributed by atoms with Crippen LogP contribution in [0.5, 0.6) is 0 Å². The second-order valence-electron chi connectivity index (χ2n) is 2.14. The van der Waals surface area contributed by atoms with E-state index in [0.29, 0.717) is 12.8 Å². The summed E-state index contributed by atoms with van der Waals surface area (Å²) in [6, 6.07) is 0. The molecule has 0 aliphatic heterocycles. The number of rotatable bonds is 4. The average molecular weight is 148 g/mol. The fourth-order valence-corrected chi connectivity index (χ4v) is 0.618. The second-order valence-corrected chi connectivity index (χ2v) is 2.14. The van der Waals surface area contributed by atoms with Crippen LogP contribution in [0.3, 0.4) is 0 Å². The number of hydrogen-bond donors (Lipinski definition) is 3. The van der Waals surface area contributed by atoms with Gasteiger partial charge in [-0.2, -0.15) is 0 Å². The summed E-state index contributed by atoms with van der Waals surface area (Å²) in [5.74, 6) is -1.37. The molecule has 4 heteroatoms. The normalized spacial score (nSPS) is 16.3. The van der Waals surface area contributed by atoms with E-state index in [1.807, 2.05) is 0 Å². The zero-order chi connectivity index (χ0) is 8.15. The second kappa shape index (κ2) is 4.24. The average Bonchev–Trinajstić information content (AvgIpc) is 1.87. The Labute approximate surface area is 59.1 Å². The van der Waals surface area contributed by atoms with Crippen LogP contribution in [0.25, 0.3) is 0 Å². The van der Waals surface area contributed by atoms with E-state index in [1.54, 1.807) is 6.92 Å². The molecule has 0 bridgehead atoms. The largest absolute Gasteiger partial charge is 0.479 e. The van der Waals surface area contributed by atoms with E-state index < -0.39 is 18.2 Å². The first-order chi connectivity index (χ1) is 4.59. The van der Waals surface area contributed by atoms with E-state index in [-0.39, 0.29) is 0 Å². The molecule has 0 unspecified atom stereocenters. The van der Waals surface area contributed by atoms with Crippen LogP contribution in [-0.4, -0.2) is 33.5 Å². The molecule has 4 nitrogen and oxygen atoms in total. The third-order valence-corrected chi connectivity index (χ3v) is 1.20. The van der Waals surface area contributed by atoms with E-state index in [1.165, 1.54) is 0 Å². The summed E-state index contributed by atoms with van der Waals surface area (Å²) in [6.45, 7) is 1.80. The van der Waals surface area contributed by atoms with Crippen molar-refractivity contribution in [2.75, 3.05) is 0 Å². The molecule has 10 heavy (non-hydrogen) atoms. The van der Waals surface area contributed by atoms with Crippen molar-refractivity contribution in [3.8, 4) is 0 Å². The first-order valence-electron chi connectivity index (χ1n) is 3.18. The van der Waals surface area contributed by atoms with Crippen molar-refractivity contribution in [2.24, 2.45) is 0 Å². The molecule has 0 rings (SSSR count). The fourth-order valence-electron chi connectivity index (χ4n) is 0.618. The van der Waals surface area contributed by atoms with Crippen molar-refractivity contribution in [3.63, 3.8) is 0 Å². The Kier molecular flexibility index (Phi) is 3.99. The van der Waals surface area contributed by atoms with Gasteiger partial charge in [-0.3, -0.25) is 0 Å². The van der Waals surface area contributed by atoms with Crippen LogP contribution in [0.2, 0.25) is 0 Å². The van der Waals surface area contributed by atoms with Gasteiger partial charge in [0.1, 0.15) is 0 Å². The zero-order valence-corrected chi connectivity index (χ0v) is 5.82. The molecular weight excluding hydrogens is 136 g/mol. The Morgan fingerprint density at radius 3 is 2.30 bits per heavy atom. The number of aliphatic hydroxyl groups excluding tert-OH is 2. The summed E-state index contributed by atoms with van der Waals surface area (Å²) in [6.07, 6.45) is -1.80. The van der Waals surface area contributed by atoms with Crippen molar-refractivity contribution >= 4 is 5.97 Å². The van der Waals surface area contributed by atoms with Crippen LogP contribution in [0.4, 0.5) is 0 Å². The molecule has 0 fully saturated rings. The van der Waals surface area contributed by atoms with Crippen molar-refractivity contribution in [2.45, 2.75) is 32.0 Å². The van der Waals surface area contributed by atoms with E-state index in [9.17, 15) is 4.79 Å². The lowest BCUT2D eigenvalue weighted by Crippen LogP contribution is -2.33. The van der Waals surface area contributed by atoms with E-state index in [2.05, 4.69) is 0 Å². The Balaban J connectivity index is 3.69. The quantitative estimate of drug-likeness (QED) is 0.506. The summed E-state index contributed by atoms with van der Waals surface area (Å²) < 4.78 is 0. The SMILES string of the molecule is CCC[C@H](O)[C@H](O)C(=O)O. The van der Waals surface area contributed by atoms with Crippen LogP contribution in [0, 0.1) is 0 Å². The molecular formula is C6H12O4. The number of aliphatic hydroxyl groups is 2. The predicted molar refractivity (Wildman–Crippen MR) is 34.6 cm³/mol. The van der Waals surface area contributed by atoms with Gasteiger partial charge in [0.2, 0.25) is 0 Å². The van der Waals surface area contributed by atoms with Crippen LogP contribution in [0.15, 0.2) is 0 Å². The number of carboxylic acids is 1. The minimum absolute atomic E-state index is 0.313. The highest BCUT2D eigenvalue weighted by atomic mass is 16.4. The minimum Gasteiger partial charge on any atom is -0.479 e. The highest BCUT2D eigenvalue weighted by molar-refractivity contribution is 5.72. The van der Waals surface area contributed by atoms with Crippen LogP contribution >= 0.6 is 0 Å². The fraction of sp³-hybridized carbons (Fsp3) is 0.833. The lowest BCUT2D eigenvalue weighted by Gasteiger charge is -2.11. The van der Waals surface area contributed by atoms with Gasteiger partial charge in [0.25, 0.3) is 0 Å². The Hall–Kier alpha value is -0.610. The number of aliphatic carboxylic acids is 1. The van der Waals surface area contributed by atoms with Gasteiger partial charge in [-0.05, 0) is 6.42 Å². The molecule has 2 atom stereocenters. The molecule has 0 aliphatic rings. The highest BCUT2D eigenvalue weighted by Gasteiger charge is 2.21. The van der Waals surface area contributed by atoms with Gasteiger partial charge in [0.05, 0.1) is 6.10 Å². The molecule has 0 aromatic carbocycles. The Morgan fingerprint density at radius 1 is 1.50 bits per heavy atom. The van der Waals surface area contributed by atoms with E-state index >= 15 is 0 Å².